The molecule has 5 nitrogen and oxygen atoms in total. The molecule has 1 atom stereocenters. The number of halogens is 3. The van der Waals surface area contributed by atoms with Crippen LogP contribution in [0, 0.1) is 23.4 Å². The van der Waals surface area contributed by atoms with Crippen LogP contribution in [0.1, 0.15) is 23.7 Å². The molecule has 1 heterocycles. The molecule has 1 N–H and O–H groups in total. The lowest BCUT2D eigenvalue weighted by molar-refractivity contribution is -0.122. The lowest BCUT2D eigenvalue weighted by Gasteiger charge is -2.17. The summed E-state index contributed by atoms with van der Waals surface area (Å²) in [7, 11) is 0. The predicted molar refractivity (Wildman–Crippen MR) is 91.9 cm³/mol. The highest BCUT2D eigenvalue weighted by molar-refractivity contribution is 6.04. The molecule has 1 saturated heterocycles. The average Bonchev–Trinajstić information content (AvgIpc) is 3.04. The topological polar surface area (TPSA) is 66.5 Å². The van der Waals surface area contributed by atoms with Gasteiger partial charge in [0.2, 0.25) is 11.8 Å². The molecule has 0 spiro atoms. The molecule has 2 amide bonds. The summed E-state index contributed by atoms with van der Waals surface area (Å²) < 4.78 is 40.0. The van der Waals surface area contributed by atoms with Crippen LogP contribution >= 0.6 is 0 Å². The van der Waals surface area contributed by atoms with E-state index < -0.39 is 35.0 Å². The second-order valence-electron chi connectivity index (χ2n) is 6.22. The zero-order chi connectivity index (χ0) is 19.7. The van der Waals surface area contributed by atoms with Crippen molar-refractivity contribution in [3.05, 3.63) is 59.4 Å². The van der Waals surface area contributed by atoms with Crippen molar-refractivity contribution in [1.29, 1.82) is 0 Å². The molecule has 1 fully saturated rings. The largest absolute Gasteiger partial charge is 0.323 e. The SMILES string of the molecule is CC(=O)c1cccc(N2CC(C(=O)Nc3ccc(F)c(F)c3F)CC2=O)c1. The number of ketones is 1. The number of hydrogen-bond donors (Lipinski definition) is 1. The quantitative estimate of drug-likeness (QED) is 0.658. The maximum absolute atomic E-state index is 13.7. The molecule has 1 aliphatic rings. The lowest BCUT2D eigenvalue weighted by atomic mass is 10.1. The Hall–Kier alpha value is -3.16. The zero-order valence-corrected chi connectivity index (χ0v) is 14.3. The summed E-state index contributed by atoms with van der Waals surface area (Å²) in [6, 6.07) is 8.05. The van der Waals surface area contributed by atoms with Crippen molar-refractivity contribution in [2.45, 2.75) is 13.3 Å². The molecular formula is C19H15F3N2O3. The van der Waals surface area contributed by atoms with Gasteiger partial charge in [-0.05, 0) is 31.2 Å². The molecule has 0 radical (unpaired) electrons. The number of nitrogens with one attached hydrogen (secondary N) is 1. The maximum Gasteiger partial charge on any atom is 0.229 e. The Morgan fingerprint density at radius 2 is 1.85 bits per heavy atom. The fraction of sp³-hybridized carbons (Fsp3) is 0.211. The molecule has 1 unspecified atom stereocenters. The van der Waals surface area contributed by atoms with Crippen molar-refractivity contribution in [2.75, 3.05) is 16.8 Å². The predicted octanol–water partition coefficient (Wildman–Crippen LogP) is 3.30. The Balaban J connectivity index is 1.75. The van der Waals surface area contributed by atoms with Crippen molar-refractivity contribution in [3.8, 4) is 0 Å². The molecule has 8 heteroatoms. The molecule has 3 rings (SSSR count). The normalized spacial score (nSPS) is 16.5. The summed E-state index contributed by atoms with van der Waals surface area (Å²) in [5, 5.41) is 2.19. The molecule has 0 saturated carbocycles. The van der Waals surface area contributed by atoms with E-state index in [0.29, 0.717) is 17.3 Å². The van der Waals surface area contributed by atoms with Crippen LogP contribution in [0.15, 0.2) is 36.4 Å². The van der Waals surface area contributed by atoms with Crippen LogP contribution in [0.4, 0.5) is 24.5 Å². The van der Waals surface area contributed by atoms with Gasteiger partial charge in [-0.2, -0.15) is 0 Å². The highest BCUT2D eigenvalue weighted by atomic mass is 19.2. The van der Waals surface area contributed by atoms with Crippen LogP contribution in [-0.2, 0) is 9.59 Å². The minimum absolute atomic E-state index is 0.0251. The molecule has 0 bridgehead atoms. The van der Waals surface area contributed by atoms with Gasteiger partial charge in [0, 0.05) is 24.2 Å². The summed E-state index contributed by atoms with van der Waals surface area (Å²) in [6.07, 6.45) is -0.124. The fourth-order valence-electron chi connectivity index (χ4n) is 2.88. The summed E-state index contributed by atoms with van der Waals surface area (Å²) in [4.78, 5) is 37.5. The molecular weight excluding hydrogens is 361 g/mol. The zero-order valence-electron chi connectivity index (χ0n) is 14.3. The van der Waals surface area contributed by atoms with Gasteiger partial charge in [0.15, 0.2) is 23.2 Å². The number of benzene rings is 2. The van der Waals surface area contributed by atoms with Crippen molar-refractivity contribution in [2.24, 2.45) is 5.92 Å². The van der Waals surface area contributed by atoms with Gasteiger partial charge >= 0.3 is 0 Å². The number of amides is 2. The monoisotopic (exact) mass is 376 g/mol. The minimum atomic E-state index is -1.68. The van der Waals surface area contributed by atoms with E-state index in [0.717, 1.165) is 6.07 Å². The van der Waals surface area contributed by atoms with Gasteiger partial charge in [-0.3, -0.25) is 14.4 Å². The Morgan fingerprint density at radius 1 is 1.11 bits per heavy atom. The van der Waals surface area contributed by atoms with Crippen LogP contribution in [0.5, 0.6) is 0 Å². The fourth-order valence-corrected chi connectivity index (χ4v) is 2.88. The molecule has 0 aromatic heterocycles. The van der Waals surface area contributed by atoms with Gasteiger partial charge < -0.3 is 10.2 Å². The minimum Gasteiger partial charge on any atom is -0.323 e. The summed E-state index contributed by atoms with van der Waals surface area (Å²) in [5.41, 5.74) is 0.405. The highest BCUT2D eigenvalue weighted by Gasteiger charge is 2.35. The van der Waals surface area contributed by atoms with Gasteiger partial charge in [0.1, 0.15) is 0 Å². The Kier molecular flexibility index (Phi) is 4.98. The number of Topliss-reactive ketones (excluding diaryl/α,β-unsaturated/α-hetero) is 1. The first kappa shape index (κ1) is 18.6. The Morgan fingerprint density at radius 3 is 2.56 bits per heavy atom. The van der Waals surface area contributed by atoms with Gasteiger partial charge in [0.25, 0.3) is 0 Å². The number of carbonyl (C=O) groups excluding carboxylic acids is 3. The van der Waals surface area contributed by atoms with E-state index in [1.807, 2.05) is 0 Å². The Bertz CT molecular complexity index is 946. The second kappa shape index (κ2) is 7.22. The van der Waals surface area contributed by atoms with Crippen LogP contribution in [0.2, 0.25) is 0 Å². The van der Waals surface area contributed by atoms with Crippen molar-refractivity contribution >= 4 is 29.0 Å². The summed E-state index contributed by atoms with van der Waals surface area (Å²) >= 11 is 0. The first-order valence-corrected chi connectivity index (χ1v) is 8.13. The maximum atomic E-state index is 13.7. The smallest absolute Gasteiger partial charge is 0.229 e. The van der Waals surface area contributed by atoms with Crippen LogP contribution < -0.4 is 10.2 Å². The van der Waals surface area contributed by atoms with E-state index in [1.54, 1.807) is 24.3 Å². The number of nitrogens with zero attached hydrogens (tertiary/aromatic N) is 1. The van der Waals surface area contributed by atoms with Crippen LogP contribution in [0.3, 0.4) is 0 Å². The third-order valence-corrected chi connectivity index (χ3v) is 4.35. The van der Waals surface area contributed by atoms with Crippen molar-refractivity contribution < 1.29 is 27.6 Å². The average molecular weight is 376 g/mol. The van der Waals surface area contributed by atoms with E-state index in [4.69, 9.17) is 0 Å². The molecule has 27 heavy (non-hydrogen) atoms. The van der Waals surface area contributed by atoms with Gasteiger partial charge in [-0.1, -0.05) is 12.1 Å². The highest BCUT2D eigenvalue weighted by Crippen LogP contribution is 2.28. The van der Waals surface area contributed by atoms with E-state index >= 15 is 0 Å². The molecule has 140 valence electrons. The number of hydrogen-bond acceptors (Lipinski definition) is 3. The van der Waals surface area contributed by atoms with Crippen LogP contribution in [0.25, 0.3) is 0 Å². The van der Waals surface area contributed by atoms with E-state index in [2.05, 4.69) is 5.32 Å². The van der Waals surface area contributed by atoms with Gasteiger partial charge in [0.05, 0.1) is 11.6 Å². The van der Waals surface area contributed by atoms with Gasteiger partial charge in [-0.25, -0.2) is 13.2 Å². The summed E-state index contributed by atoms with van der Waals surface area (Å²) in [5.74, 6) is -6.52. The number of carbonyl (C=O) groups is 3. The van der Waals surface area contributed by atoms with Crippen molar-refractivity contribution in [3.63, 3.8) is 0 Å². The third kappa shape index (κ3) is 3.69. The molecule has 1 aliphatic heterocycles. The first-order valence-electron chi connectivity index (χ1n) is 8.13. The third-order valence-electron chi connectivity index (χ3n) is 4.35. The van der Waals surface area contributed by atoms with E-state index in [-0.39, 0.29) is 24.7 Å². The lowest BCUT2D eigenvalue weighted by Crippen LogP contribution is -2.28. The van der Waals surface area contributed by atoms with Gasteiger partial charge in [-0.15, -0.1) is 0 Å². The molecule has 0 aliphatic carbocycles. The second-order valence-corrected chi connectivity index (χ2v) is 6.22. The first-order chi connectivity index (χ1) is 12.8. The number of rotatable bonds is 4. The standard InChI is InChI=1S/C19H15F3N2O3/c1-10(25)11-3-2-4-13(7-11)24-9-12(8-16(24)26)19(27)23-15-6-5-14(20)17(21)18(15)22/h2-7,12H,8-9H2,1H3,(H,23,27). The van der Waals surface area contributed by atoms with E-state index in [1.165, 1.54) is 11.8 Å². The van der Waals surface area contributed by atoms with Crippen molar-refractivity contribution in [1.82, 2.24) is 0 Å². The summed E-state index contributed by atoms with van der Waals surface area (Å²) in [6.45, 7) is 1.43. The molecule has 2 aromatic rings. The number of anilines is 2. The van der Waals surface area contributed by atoms with Crippen LogP contribution in [-0.4, -0.2) is 24.1 Å². The Labute approximate surface area is 152 Å². The molecule has 2 aromatic carbocycles. The van der Waals surface area contributed by atoms with E-state index in [9.17, 15) is 27.6 Å².